The minimum atomic E-state index is -0.0900. The molecule has 1 aliphatic heterocycles. The monoisotopic (exact) mass is 280 g/mol. The number of ether oxygens (including phenoxy) is 1. The smallest absolute Gasteiger partial charge is 0.0998 e. The van der Waals surface area contributed by atoms with E-state index in [0.29, 0.717) is 0 Å². The van der Waals surface area contributed by atoms with Crippen LogP contribution in [-0.4, -0.2) is 25.8 Å². The molecule has 1 aliphatic rings. The van der Waals surface area contributed by atoms with Gasteiger partial charge in [0.15, 0.2) is 0 Å². The number of methoxy groups -OCH3 is 1. The average Bonchev–Trinajstić information content (AvgIpc) is 2.54. The van der Waals surface area contributed by atoms with Gasteiger partial charge in [0.05, 0.1) is 17.2 Å². The van der Waals surface area contributed by atoms with Crippen LogP contribution in [0.5, 0.6) is 0 Å². The van der Waals surface area contributed by atoms with Crippen LogP contribution in [0.3, 0.4) is 0 Å². The van der Waals surface area contributed by atoms with E-state index < -0.39 is 0 Å². The van der Waals surface area contributed by atoms with E-state index >= 15 is 0 Å². The molecule has 0 spiro atoms. The molecule has 0 amide bonds. The van der Waals surface area contributed by atoms with Crippen molar-refractivity contribution in [3.05, 3.63) is 42.0 Å². The lowest BCUT2D eigenvalue weighted by Gasteiger charge is -2.41. The summed E-state index contributed by atoms with van der Waals surface area (Å²) in [7, 11) is 1.79. The van der Waals surface area contributed by atoms with Gasteiger partial charge in [-0.2, -0.15) is 5.26 Å². The highest BCUT2D eigenvalue weighted by atomic mass is 16.5. The van der Waals surface area contributed by atoms with Gasteiger partial charge in [0.2, 0.25) is 0 Å². The van der Waals surface area contributed by atoms with Gasteiger partial charge in [-0.15, -0.1) is 0 Å². The molecule has 2 aromatic rings. The summed E-state index contributed by atoms with van der Waals surface area (Å²) in [6.07, 6.45) is 2.22. The Hall–Kier alpha value is -2.05. The van der Waals surface area contributed by atoms with Crippen molar-refractivity contribution < 1.29 is 4.74 Å². The van der Waals surface area contributed by atoms with Gasteiger partial charge in [-0.1, -0.05) is 24.3 Å². The molecule has 3 nitrogen and oxygen atoms in total. The average molecular weight is 280 g/mol. The number of nitriles is 1. The Morgan fingerprint density at radius 2 is 1.95 bits per heavy atom. The van der Waals surface area contributed by atoms with E-state index in [4.69, 9.17) is 4.74 Å². The fraction of sp³-hybridized carbons (Fsp3) is 0.389. The number of benzene rings is 2. The molecular formula is C18H20N2O. The van der Waals surface area contributed by atoms with Gasteiger partial charge in [-0.3, -0.25) is 0 Å². The van der Waals surface area contributed by atoms with Gasteiger partial charge >= 0.3 is 0 Å². The van der Waals surface area contributed by atoms with Crippen molar-refractivity contribution in [1.29, 1.82) is 5.26 Å². The maximum absolute atomic E-state index is 9.27. The van der Waals surface area contributed by atoms with E-state index in [1.807, 2.05) is 24.3 Å². The molecule has 0 saturated carbocycles. The number of hydrogen-bond acceptors (Lipinski definition) is 3. The van der Waals surface area contributed by atoms with E-state index in [0.717, 1.165) is 42.3 Å². The number of nitrogens with zero attached hydrogens (tertiary/aromatic N) is 2. The van der Waals surface area contributed by atoms with Gasteiger partial charge in [-0.05, 0) is 31.9 Å². The zero-order valence-corrected chi connectivity index (χ0v) is 12.6. The van der Waals surface area contributed by atoms with E-state index in [1.165, 1.54) is 5.69 Å². The first-order valence-corrected chi connectivity index (χ1v) is 7.39. The Morgan fingerprint density at radius 3 is 2.67 bits per heavy atom. The quantitative estimate of drug-likeness (QED) is 0.841. The third-order valence-corrected chi connectivity index (χ3v) is 4.51. The summed E-state index contributed by atoms with van der Waals surface area (Å²) in [5.41, 5.74) is 1.85. The molecule has 21 heavy (non-hydrogen) atoms. The van der Waals surface area contributed by atoms with Crippen molar-refractivity contribution in [3.63, 3.8) is 0 Å². The Bertz CT molecular complexity index is 704. The Balaban J connectivity index is 2.07. The molecule has 1 unspecified atom stereocenters. The van der Waals surface area contributed by atoms with E-state index in [2.05, 4.69) is 30.0 Å². The molecule has 1 fully saturated rings. The molecule has 0 aromatic heterocycles. The van der Waals surface area contributed by atoms with Crippen molar-refractivity contribution in [2.75, 3.05) is 25.1 Å². The van der Waals surface area contributed by atoms with Gasteiger partial charge in [0.25, 0.3) is 0 Å². The van der Waals surface area contributed by atoms with Crippen molar-refractivity contribution in [2.24, 2.45) is 0 Å². The minimum Gasteiger partial charge on any atom is -0.377 e. The number of hydrogen-bond donors (Lipinski definition) is 0. The van der Waals surface area contributed by atoms with Crippen LogP contribution in [0.25, 0.3) is 10.8 Å². The summed E-state index contributed by atoms with van der Waals surface area (Å²) >= 11 is 0. The summed E-state index contributed by atoms with van der Waals surface area (Å²) in [5, 5.41) is 11.5. The molecule has 1 saturated heterocycles. The van der Waals surface area contributed by atoms with Crippen LogP contribution in [0, 0.1) is 11.3 Å². The first kappa shape index (κ1) is 13.9. The Labute approximate surface area is 125 Å². The van der Waals surface area contributed by atoms with Gasteiger partial charge in [-0.25, -0.2) is 0 Å². The highest BCUT2D eigenvalue weighted by Gasteiger charge is 2.31. The molecule has 2 aromatic carbocycles. The number of fused-ring (bicyclic) bond motifs is 1. The van der Waals surface area contributed by atoms with E-state index in [-0.39, 0.29) is 5.60 Å². The Kier molecular flexibility index (Phi) is 3.57. The second-order valence-electron chi connectivity index (χ2n) is 5.97. The zero-order valence-electron chi connectivity index (χ0n) is 12.6. The highest BCUT2D eigenvalue weighted by molar-refractivity contribution is 5.97. The second-order valence-corrected chi connectivity index (χ2v) is 5.97. The topological polar surface area (TPSA) is 36.3 Å². The molecule has 0 aliphatic carbocycles. The summed E-state index contributed by atoms with van der Waals surface area (Å²) in [6.45, 7) is 4.10. The molecule has 0 radical (unpaired) electrons. The SMILES string of the molecule is COC1(C)CCCN(c2ccc(C#N)c3ccccc23)C1. The van der Waals surface area contributed by atoms with Gasteiger partial charge in [0, 0.05) is 36.7 Å². The van der Waals surface area contributed by atoms with Crippen LogP contribution in [0.2, 0.25) is 0 Å². The third-order valence-electron chi connectivity index (χ3n) is 4.51. The first-order valence-electron chi connectivity index (χ1n) is 7.39. The lowest BCUT2D eigenvalue weighted by atomic mass is 9.93. The standard InChI is InChI=1S/C18H20N2O/c1-18(21-2)10-5-11-20(13-18)17-9-8-14(12-19)15-6-3-4-7-16(15)17/h3-4,6-9H,5,10-11,13H2,1-2H3. The van der Waals surface area contributed by atoms with Crippen LogP contribution in [-0.2, 0) is 4.74 Å². The third kappa shape index (κ3) is 2.48. The number of rotatable bonds is 2. The predicted molar refractivity (Wildman–Crippen MR) is 85.5 cm³/mol. The largest absolute Gasteiger partial charge is 0.377 e. The fourth-order valence-corrected chi connectivity index (χ4v) is 3.23. The maximum Gasteiger partial charge on any atom is 0.0998 e. The fourth-order valence-electron chi connectivity index (χ4n) is 3.23. The molecular weight excluding hydrogens is 260 g/mol. The minimum absolute atomic E-state index is 0.0900. The number of piperidine rings is 1. The van der Waals surface area contributed by atoms with Crippen LogP contribution in [0.15, 0.2) is 36.4 Å². The molecule has 0 N–H and O–H groups in total. The predicted octanol–water partition coefficient (Wildman–Crippen LogP) is 3.72. The molecule has 1 heterocycles. The van der Waals surface area contributed by atoms with Crippen molar-refractivity contribution in [1.82, 2.24) is 0 Å². The van der Waals surface area contributed by atoms with E-state index in [9.17, 15) is 5.26 Å². The summed E-state index contributed by atoms with van der Waals surface area (Å²) in [5.74, 6) is 0. The summed E-state index contributed by atoms with van der Waals surface area (Å²) in [6, 6.07) is 14.4. The zero-order chi connectivity index (χ0) is 14.9. The molecule has 0 bridgehead atoms. The van der Waals surface area contributed by atoms with Crippen LogP contribution in [0.4, 0.5) is 5.69 Å². The van der Waals surface area contributed by atoms with Crippen LogP contribution >= 0.6 is 0 Å². The Morgan fingerprint density at radius 1 is 1.19 bits per heavy atom. The number of anilines is 1. The van der Waals surface area contributed by atoms with Gasteiger partial charge < -0.3 is 9.64 Å². The van der Waals surface area contributed by atoms with Crippen LogP contribution in [0.1, 0.15) is 25.3 Å². The normalized spacial score (nSPS) is 22.2. The molecule has 3 rings (SSSR count). The molecule has 3 heteroatoms. The summed E-state index contributed by atoms with van der Waals surface area (Å²) in [4.78, 5) is 2.39. The van der Waals surface area contributed by atoms with Crippen molar-refractivity contribution in [3.8, 4) is 6.07 Å². The first-order chi connectivity index (χ1) is 10.2. The van der Waals surface area contributed by atoms with E-state index in [1.54, 1.807) is 7.11 Å². The van der Waals surface area contributed by atoms with Crippen molar-refractivity contribution >= 4 is 16.5 Å². The molecule has 108 valence electrons. The maximum atomic E-state index is 9.27. The van der Waals surface area contributed by atoms with Crippen LogP contribution < -0.4 is 4.90 Å². The molecule has 1 atom stereocenters. The van der Waals surface area contributed by atoms with Crippen molar-refractivity contribution in [2.45, 2.75) is 25.4 Å². The second kappa shape index (κ2) is 5.38. The summed E-state index contributed by atoms with van der Waals surface area (Å²) < 4.78 is 5.69. The highest BCUT2D eigenvalue weighted by Crippen LogP contribution is 2.33. The lowest BCUT2D eigenvalue weighted by molar-refractivity contribution is -0.00459. The lowest BCUT2D eigenvalue weighted by Crippen LogP contribution is -2.47. The van der Waals surface area contributed by atoms with Gasteiger partial charge in [0.1, 0.15) is 0 Å².